The molecule has 0 aromatic heterocycles. The van der Waals surface area contributed by atoms with Gasteiger partial charge in [-0.25, -0.2) is 0 Å². The van der Waals surface area contributed by atoms with E-state index in [1.165, 1.54) is 19.3 Å². The van der Waals surface area contributed by atoms with Crippen LogP contribution in [0.2, 0.25) is 0 Å². The van der Waals surface area contributed by atoms with Gasteiger partial charge in [-0.1, -0.05) is 31.9 Å². The van der Waals surface area contributed by atoms with Gasteiger partial charge in [0.05, 0.1) is 0 Å². The van der Waals surface area contributed by atoms with Crippen molar-refractivity contribution in [2.24, 2.45) is 0 Å². The minimum absolute atomic E-state index is 0.546. The molecule has 0 aliphatic carbocycles. The molecule has 0 rings (SSSR count). The normalized spacial score (nSPS) is 10.6. The Bertz CT molecular complexity index is 105. The van der Waals surface area contributed by atoms with Crippen molar-refractivity contribution in [3.63, 3.8) is 0 Å². The van der Waals surface area contributed by atoms with Gasteiger partial charge in [-0.15, -0.1) is 0 Å². The highest BCUT2D eigenvalue weighted by Crippen LogP contribution is 2.00. The predicted molar refractivity (Wildman–Crippen MR) is 48.2 cm³/mol. The van der Waals surface area contributed by atoms with Crippen LogP contribution in [-0.2, 0) is 4.79 Å². The Balaban J connectivity index is 2.97. The Hall–Kier alpha value is -0.590. The van der Waals surface area contributed by atoms with E-state index in [4.69, 9.17) is 0 Å². The molecule has 11 heavy (non-hydrogen) atoms. The van der Waals surface area contributed by atoms with Crippen LogP contribution in [0.1, 0.15) is 45.4 Å². The van der Waals surface area contributed by atoms with Crippen molar-refractivity contribution in [3.8, 4) is 0 Å². The lowest BCUT2D eigenvalue weighted by atomic mass is 10.2. The molecule has 0 N–H and O–H groups in total. The molecule has 0 amide bonds. The zero-order chi connectivity index (χ0) is 8.36. The van der Waals surface area contributed by atoms with E-state index in [1.54, 1.807) is 0 Å². The third-order valence-electron chi connectivity index (χ3n) is 1.55. The minimum atomic E-state index is 0.546. The second-order valence-electron chi connectivity index (χ2n) is 2.65. The molecule has 0 bridgehead atoms. The van der Waals surface area contributed by atoms with Gasteiger partial charge in [0, 0.05) is 6.42 Å². The van der Waals surface area contributed by atoms with Crippen molar-refractivity contribution in [2.45, 2.75) is 45.4 Å². The summed E-state index contributed by atoms with van der Waals surface area (Å²) >= 11 is 0. The molecule has 0 aromatic rings. The molecule has 1 radical (unpaired) electrons. The summed E-state index contributed by atoms with van der Waals surface area (Å²) < 4.78 is 0. The van der Waals surface area contributed by atoms with E-state index in [0.29, 0.717) is 6.42 Å². The first-order chi connectivity index (χ1) is 5.41. The van der Waals surface area contributed by atoms with Gasteiger partial charge < -0.3 is 0 Å². The molecule has 0 aliphatic heterocycles. The molecule has 63 valence electrons. The maximum absolute atomic E-state index is 9.78. The lowest BCUT2D eigenvalue weighted by Gasteiger charge is -1.90. The van der Waals surface area contributed by atoms with E-state index in [9.17, 15) is 4.79 Å². The number of unbranched alkanes of at least 4 members (excludes halogenated alkanes) is 4. The second kappa shape index (κ2) is 9.41. The van der Waals surface area contributed by atoms with Crippen LogP contribution in [-0.4, -0.2) is 6.29 Å². The summed E-state index contributed by atoms with van der Waals surface area (Å²) in [5, 5.41) is 0. The highest BCUT2D eigenvalue weighted by molar-refractivity contribution is 5.50. The first-order valence-electron chi connectivity index (χ1n) is 4.41. The smallest absolute Gasteiger partial charge is 0.198 e. The zero-order valence-corrected chi connectivity index (χ0v) is 7.31. The van der Waals surface area contributed by atoms with Crippen LogP contribution >= 0.6 is 0 Å². The Morgan fingerprint density at radius 2 is 1.91 bits per heavy atom. The molecule has 0 spiro atoms. The lowest BCUT2D eigenvalue weighted by Crippen LogP contribution is -1.72. The van der Waals surface area contributed by atoms with Crippen molar-refractivity contribution in [2.75, 3.05) is 0 Å². The van der Waals surface area contributed by atoms with E-state index >= 15 is 0 Å². The van der Waals surface area contributed by atoms with Crippen molar-refractivity contribution in [1.29, 1.82) is 0 Å². The topological polar surface area (TPSA) is 17.1 Å². The molecule has 1 nitrogen and oxygen atoms in total. The van der Waals surface area contributed by atoms with Crippen molar-refractivity contribution in [3.05, 3.63) is 12.2 Å². The molecule has 0 unspecified atom stereocenters. The largest absolute Gasteiger partial charge is 0.291 e. The number of hydrogen-bond donors (Lipinski definition) is 0. The molecular weight excluding hydrogens is 136 g/mol. The van der Waals surface area contributed by atoms with E-state index < -0.39 is 0 Å². The molecular formula is C10H17O. The monoisotopic (exact) mass is 153 g/mol. The fourth-order valence-corrected chi connectivity index (χ4v) is 0.890. The van der Waals surface area contributed by atoms with Gasteiger partial charge in [-0.2, -0.15) is 0 Å². The molecule has 1 heteroatoms. The minimum Gasteiger partial charge on any atom is -0.291 e. The molecule has 0 saturated carbocycles. The van der Waals surface area contributed by atoms with Crippen LogP contribution in [0.4, 0.5) is 0 Å². The van der Waals surface area contributed by atoms with E-state index in [-0.39, 0.29) is 0 Å². The van der Waals surface area contributed by atoms with Crippen LogP contribution in [0, 0.1) is 0 Å². The van der Waals surface area contributed by atoms with Crippen LogP contribution in [0.25, 0.3) is 0 Å². The summed E-state index contributed by atoms with van der Waals surface area (Å²) in [4.78, 5) is 9.78. The van der Waals surface area contributed by atoms with Crippen LogP contribution in [0.3, 0.4) is 0 Å². The summed E-state index contributed by atoms with van der Waals surface area (Å²) in [6, 6.07) is 0. The Kier molecular flexibility index (Phi) is 8.91. The highest BCUT2D eigenvalue weighted by Gasteiger charge is 1.81. The fourth-order valence-electron chi connectivity index (χ4n) is 0.890. The third kappa shape index (κ3) is 9.41. The Labute approximate surface area is 69.5 Å². The second-order valence-corrected chi connectivity index (χ2v) is 2.65. The van der Waals surface area contributed by atoms with Gasteiger partial charge in [0.1, 0.15) is 0 Å². The zero-order valence-electron chi connectivity index (χ0n) is 7.31. The van der Waals surface area contributed by atoms with Gasteiger partial charge in [-0.3, -0.25) is 4.79 Å². The summed E-state index contributed by atoms with van der Waals surface area (Å²) in [7, 11) is 0. The number of allylic oxidation sites excluding steroid dienone is 2. The maximum Gasteiger partial charge on any atom is 0.198 e. The van der Waals surface area contributed by atoms with E-state index in [0.717, 1.165) is 12.8 Å². The van der Waals surface area contributed by atoms with E-state index in [2.05, 4.69) is 19.1 Å². The molecule has 0 aliphatic rings. The van der Waals surface area contributed by atoms with Gasteiger partial charge in [-0.05, 0) is 19.3 Å². The molecule has 0 saturated heterocycles. The number of hydrogen-bond acceptors (Lipinski definition) is 1. The van der Waals surface area contributed by atoms with Crippen LogP contribution < -0.4 is 0 Å². The summed E-state index contributed by atoms with van der Waals surface area (Å²) in [5.41, 5.74) is 0. The average molecular weight is 153 g/mol. The first-order valence-corrected chi connectivity index (χ1v) is 4.41. The SMILES string of the molecule is CCCCC/C=C/CC[C]=O. The van der Waals surface area contributed by atoms with E-state index in [1.807, 2.05) is 6.29 Å². The van der Waals surface area contributed by atoms with Crippen LogP contribution in [0.15, 0.2) is 12.2 Å². The predicted octanol–water partition coefficient (Wildman–Crippen LogP) is 3.01. The molecule has 0 atom stereocenters. The summed E-state index contributed by atoms with van der Waals surface area (Å²) in [6.45, 7) is 2.20. The van der Waals surface area contributed by atoms with Gasteiger partial charge >= 0.3 is 0 Å². The third-order valence-corrected chi connectivity index (χ3v) is 1.55. The highest BCUT2D eigenvalue weighted by atomic mass is 16.1. The molecule has 0 aromatic carbocycles. The maximum atomic E-state index is 9.78. The first kappa shape index (κ1) is 10.4. The van der Waals surface area contributed by atoms with Crippen molar-refractivity contribution >= 4 is 6.29 Å². The van der Waals surface area contributed by atoms with Crippen molar-refractivity contribution < 1.29 is 4.79 Å². The fraction of sp³-hybridized carbons (Fsp3) is 0.700. The quantitative estimate of drug-likeness (QED) is 0.406. The summed E-state index contributed by atoms with van der Waals surface area (Å²) in [5.74, 6) is 0. The Morgan fingerprint density at radius 3 is 2.55 bits per heavy atom. The lowest BCUT2D eigenvalue weighted by molar-refractivity contribution is 0.551. The van der Waals surface area contributed by atoms with Gasteiger partial charge in [0.2, 0.25) is 0 Å². The number of carbonyl (C=O) groups excluding carboxylic acids is 1. The average Bonchev–Trinajstić information content (AvgIpc) is 2.03. The van der Waals surface area contributed by atoms with Gasteiger partial charge in [0.25, 0.3) is 0 Å². The Morgan fingerprint density at radius 1 is 1.18 bits per heavy atom. The number of rotatable bonds is 7. The summed E-state index contributed by atoms with van der Waals surface area (Å²) in [6.07, 6.45) is 12.5. The van der Waals surface area contributed by atoms with Crippen LogP contribution in [0.5, 0.6) is 0 Å². The molecule has 0 heterocycles. The molecule has 0 fully saturated rings. The van der Waals surface area contributed by atoms with Crippen molar-refractivity contribution in [1.82, 2.24) is 0 Å². The van der Waals surface area contributed by atoms with Gasteiger partial charge in [0.15, 0.2) is 6.29 Å². The standard InChI is InChI=1S/C10H17O/c1-2-3-4-5-6-7-8-9-10-11/h6-7H,2-5,8-9H2,1H3/b7-6+.